The molecular formula is C19H18F3N5O. The third-order valence-electron chi connectivity index (χ3n) is 4.79. The van der Waals surface area contributed by atoms with Gasteiger partial charge in [-0.2, -0.15) is 0 Å². The van der Waals surface area contributed by atoms with E-state index in [-0.39, 0.29) is 17.7 Å². The van der Waals surface area contributed by atoms with Gasteiger partial charge in [0.1, 0.15) is 28.8 Å². The molecule has 1 aromatic carbocycles. The number of H-pyrrole nitrogens is 1. The molecule has 0 amide bonds. The van der Waals surface area contributed by atoms with Crippen LogP contribution in [0.5, 0.6) is 0 Å². The topological polar surface area (TPSA) is 73.9 Å². The molecule has 28 heavy (non-hydrogen) atoms. The number of rotatable bonds is 5. The van der Waals surface area contributed by atoms with Gasteiger partial charge in [-0.05, 0) is 19.4 Å². The molecule has 0 spiro atoms. The summed E-state index contributed by atoms with van der Waals surface area (Å²) in [6.45, 7) is 3.24. The molecule has 1 aliphatic rings. The van der Waals surface area contributed by atoms with Crippen LogP contribution < -0.4 is 15.8 Å². The second-order valence-corrected chi connectivity index (χ2v) is 6.68. The summed E-state index contributed by atoms with van der Waals surface area (Å²) in [4.78, 5) is 25.6. The van der Waals surface area contributed by atoms with E-state index >= 15 is 0 Å². The van der Waals surface area contributed by atoms with Crippen molar-refractivity contribution in [3.63, 3.8) is 0 Å². The summed E-state index contributed by atoms with van der Waals surface area (Å²) in [6.07, 6.45) is -1.86. The zero-order chi connectivity index (χ0) is 19.8. The zero-order valence-corrected chi connectivity index (χ0v) is 15.1. The number of aromatic amines is 1. The van der Waals surface area contributed by atoms with E-state index in [0.29, 0.717) is 28.4 Å². The highest BCUT2D eigenvalue weighted by molar-refractivity contribution is 5.89. The molecule has 6 nitrogen and oxygen atoms in total. The smallest absolute Gasteiger partial charge is 0.273 e. The Kier molecular flexibility index (Phi) is 4.66. The Morgan fingerprint density at radius 2 is 2.07 bits per heavy atom. The number of hydrogen-bond donors (Lipinski definition) is 2. The van der Waals surface area contributed by atoms with Gasteiger partial charge in [-0.15, -0.1) is 0 Å². The molecule has 9 heteroatoms. The predicted molar refractivity (Wildman–Crippen MR) is 100 cm³/mol. The maximum atomic E-state index is 14.3. The first-order chi connectivity index (χ1) is 13.4. The van der Waals surface area contributed by atoms with Crippen molar-refractivity contribution < 1.29 is 13.2 Å². The third-order valence-corrected chi connectivity index (χ3v) is 4.79. The molecular weight excluding hydrogens is 371 g/mol. The number of aromatic nitrogens is 3. The van der Waals surface area contributed by atoms with E-state index in [9.17, 15) is 18.0 Å². The van der Waals surface area contributed by atoms with E-state index in [2.05, 4.69) is 20.3 Å². The van der Waals surface area contributed by atoms with Gasteiger partial charge in [0, 0.05) is 25.2 Å². The van der Waals surface area contributed by atoms with E-state index in [4.69, 9.17) is 0 Å². The minimum absolute atomic E-state index is 0.0316. The van der Waals surface area contributed by atoms with E-state index in [1.165, 1.54) is 12.1 Å². The molecule has 4 rings (SSSR count). The summed E-state index contributed by atoms with van der Waals surface area (Å²) in [5, 5.41) is 3.58. The number of hydrogen-bond acceptors (Lipinski definition) is 5. The number of halogens is 3. The number of benzene rings is 1. The van der Waals surface area contributed by atoms with Crippen LogP contribution in [-0.2, 0) is 6.54 Å². The Hall–Kier alpha value is -3.10. The van der Waals surface area contributed by atoms with Gasteiger partial charge in [0.25, 0.3) is 12.0 Å². The lowest BCUT2D eigenvalue weighted by atomic mass is 10.1. The molecule has 0 aliphatic carbocycles. The fraction of sp³-hybridized carbons (Fsp3) is 0.316. The molecule has 1 saturated heterocycles. The minimum Gasteiger partial charge on any atom is -0.367 e. The van der Waals surface area contributed by atoms with Crippen molar-refractivity contribution in [3.05, 3.63) is 57.4 Å². The molecule has 3 aromatic rings. The second-order valence-electron chi connectivity index (χ2n) is 6.68. The first-order valence-corrected chi connectivity index (χ1v) is 8.90. The van der Waals surface area contributed by atoms with Crippen LogP contribution in [-0.4, -0.2) is 28.0 Å². The number of nitrogens with zero attached hydrogens (tertiary/aromatic N) is 3. The average Bonchev–Trinajstić information content (AvgIpc) is 2.59. The summed E-state index contributed by atoms with van der Waals surface area (Å²) >= 11 is 0. The summed E-state index contributed by atoms with van der Waals surface area (Å²) in [5.74, 6) is -0.110. The van der Waals surface area contributed by atoms with Gasteiger partial charge in [0.2, 0.25) is 0 Å². The highest BCUT2D eigenvalue weighted by Crippen LogP contribution is 2.27. The van der Waals surface area contributed by atoms with Crippen molar-refractivity contribution >= 4 is 22.5 Å². The predicted octanol–water partition coefficient (Wildman–Crippen LogP) is 3.53. The Morgan fingerprint density at radius 3 is 2.75 bits per heavy atom. The monoisotopic (exact) mass is 389 g/mol. The normalized spacial score (nSPS) is 13.8. The first-order valence-electron chi connectivity index (χ1n) is 8.90. The largest absolute Gasteiger partial charge is 0.367 e. The zero-order valence-electron chi connectivity index (χ0n) is 15.1. The Bertz CT molecular complexity index is 1090. The molecule has 146 valence electrons. The molecule has 0 radical (unpaired) electrons. The lowest BCUT2D eigenvalue weighted by Crippen LogP contribution is -2.40. The molecule has 3 heterocycles. The van der Waals surface area contributed by atoms with Gasteiger partial charge in [-0.1, -0.05) is 18.2 Å². The van der Waals surface area contributed by atoms with Crippen molar-refractivity contribution in [3.8, 4) is 0 Å². The standard InChI is InChI=1S/C19H18F3N5O/c1-10-24-17(23-9-11-4-2-5-12(15(11)20)16(21)22)13-8-14(27-6-3-7-27)19(28)26-18(13)25-10/h2,4-5,8,16H,3,6-7,9H2,1H3,(H2,23,24,25,26,28). The SMILES string of the molecule is Cc1nc(NCc2cccc(C(F)F)c2F)c2cc(N3CCC3)c(=O)[nH]c2n1. The van der Waals surface area contributed by atoms with E-state index in [0.717, 1.165) is 25.6 Å². The number of pyridine rings is 1. The Labute approximate surface area is 158 Å². The molecule has 1 fully saturated rings. The van der Waals surface area contributed by atoms with Crippen LogP contribution in [0, 0.1) is 12.7 Å². The van der Waals surface area contributed by atoms with Crippen molar-refractivity contribution in [2.24, 2.45) is 0 Å². The van der Waals surface area contributed by atoms with Crippen molar-refractivity contribution in [1.82, 2.24) is 15.0 Å². The molecule has 1 aliphatic heterocycles. The van der Waals surface area contributed by atoms with Crippen molar-refractivity contribution in [1.29, 1.82) is 0 Å². The van der Waals surface area contributed by atoms with Crippen molar-refractivity contribution in [2.75, 3.05) is 23.3 Å². The average molecular weight is 389 g/mol. The first kappa shape index (κ1) is 18.3. The summed E-state index contributed by atoms with van der Waals surface area (Å²) in [7, 11) is 0. The van der Waals surface area contributed by atoms with Crippen LogP contribution in [0.15, 0.2) is 29.1 Å². The summed E-state index contributed by atoms with van der Waals surface area (Å²) in [6, 6.07) is 5.61. The number of alkyl halides is 2. The number of nitrogens with one attached hydrogen (secondary N) is 2. The molecule has 2 aromatic heterocycles. The number of fused-ring (bicyclic) bond motifs is 1. The molecule has 0 saturated carbocycles. The highest BCUT2D eigenvalue weighted by atomic mass is 19.3. The van der Waals surface area contributed by atoms with E-state index in [1.54, 1.807) is 13.0 Å². The van der Waals surface area contributed by atoms with Gasteiger partial charge in [-0.25, -0.2) is 23.1 Å². The molecule has 0 unspecified atom stereocenters. The molecule has 0 atom stereocenters. The lowest BCUT2D eigenvalue weighted by Gasteiger charge is -2.32. The van der Waals surface area contributed by atoms with Crippen LogP contribution in [0.4, 0.5) is 24.7 Å². The van der Waals surface area contributed by atoms with Gasteiger partial charge < -0.3 is 15.2 Å². The van der Waals surface area contributed by atoms with E-state index in [1.807, 2.05) is 4.90 Å². The quantitative estimate of drug-likeness (QED) is 0.699. The van der Waals surface area contributed by atoms with Crippen molar-refractivity contribution in [2.45, 2.75) is 26.3 Å². The van der Waals surface area contributed by atoms with Gasteiger partial charge >= 0.3 is 0 Å². The minimum atomic E-state index is -2.88. The van der Waals surface area contributed by atoms with Gasteiger partial charge in [-0.3, -0.25) is 4.79 Å². The summed E-state index contributed by atoms with van der Waals surface area (Å²) < 4.78 is 40.1. The maximum absolute atomic E-state index is 14.3. The second kappa shape index (κ2) is 7.14. The van der Waals surface area contributed by atoms with Crippen LogP contribution in [0.25, 0.3) is 11.0 Å². The third kappa shape index (κ3) is 3.28. The van der Waals surface area contributed by atoms with Crippen LogP contribution in [0.2, 0.25) is 0 Å². The highest BCUT2D eigenvalue weighted by Gasteiger charge is 2.20. The fourth-order valence-corrected chi connectivity index (χ4v) is 3.20. The molecule has 2 N–H and O–H groups in total. The van der Waals surface area contributed by atoms with Gasteiger partial charge in [0.15, 0.2) is 0 Å². The van der Waals surface area contributed by atoms with Crippen LogP contribution in [0.1, 0.15) is 29.8 Å². The number of anilines is 2. The van der Waals surface area contributed by atoms with Gasteiger partial charge in [0.05, 0.1) is 10.9 Å². The number of aryl methyl sites for hydroxylation is 1. The summed E-state index contributed by atoms with van der Waals surface area (Å²) in [5.41, 5.74) is 0.139. The van der Waals surface area contributed by atoms with Crippen LogP contribution in [0.3, 0.4) is 0 Å². The molecule has 0 bridgehead atoms. The Morgan fingerprint density at radius 1 is 1.29 bits per heavy atom. The van der Waals surface area contributed by atoms with E-state index < -0.39 is 17.8 Å². The fourth-order valence-electron chi connectivity index (χ4n) is 3.20. The maximum Gasteiger partial charge on any atom is 0.273 e. The van der Waals surface area contributed by atoms with Crippen LogP contribution >= 0.6 is 0 Å². The lowest BCUT2D eigenvalue weighted by molar-refractivity contribution is 0.146. The Balaban J connectivity index is 1.70.